The smallest absolute Gasteiger partial charge is 0.252 e. The normalized spacial score (nSPS) is 22.5. The van der Waals surface area contributed by atoms with Crippen LogP contribution in [-0.4, -0.2) is 5.91 Å². The second-order valence-electron chi connectivity index (χ2n) is 6.75. The van der Waals surface area contributed by atoms with Gasteiger partial charge in [-0.1, -0.05) is 30.3 Å². The molecule has 0 heterocycles. The van der Waals surface area contributed by atoms with Crippen LogP contribution >= 0.6 is 0 Å². The third-order valence-corrected chi connectivity index (χ3v) is 5.28. The van der Waals surface area contributed by atoms with Crippen molar-refractivity contribution < 1.29 is 4.79 Å². The summed E-state index contributed by atoms with van der Waals surface area (Å²) in [4.78, 5) is 12.8. The molecule has 2 fully saturated rings. The Labute approximate surface area is 129 Å². The van der Waals surface area contributed by atoms with Gasteiger partial charge in [0.2, 0.25) is 0 Å². The first-order valence-electron chi connectivity index (χ1n) is 7.93. The summed E-state index contributed by atoms with van der Waals surface area (Å²) in [5, 5.41) is 3.31. The van der Waals surface area contributed by atoms with E-state index in [9.17, 15) is 4.79 Å². The summed E-state index contributed by atoms with van der Waals surface area (Å²) in [5.41, 5.74) is 8.48. The number of amides is 1. The molecule has 0 spiro atoms. The predicted molar refractivity (Wildman–Crippen MR) is 86.1 cm³/mol. The Hall–Kier alpha value is -2.35. The van der Waals surface area contributed by atoms with E-state index in [-0.39, 0.29) is 11.4 Å². The lowest BCUT2D eigenvalue weighted by Gasteiger charge is -2.20. The minimum absolute atomic E-state index is 0.0701. The fraction of sp³-hybridized carbons (Fsp3) is 0.250. The molecule has 22 heavy (non-hydrogen) atoms. The zero-order valence-electron chi connectivity index (χ0n) is 12.6. The lowest BCUT2D eigenvalue weighted by molar-refractivity contribution is -0.118. The van der Waals surface area contributed by atoms with Crippen molar-refractivity contribution >= 4 is 5.91 Å². The molecule has 0 atom stereocenters. The van der Waals surface area contributed by atoms with Crippen LogP contribution in [0.3, 0.4) is 0 Å². The van der Waals surface area contributed by atoms with Gasteiger partial charge in [0.25, 0.3) is 5.91 Å². The quantitative estimate of drug-likeness (QED) is 0.904. The van der Waals surface area contributed by atoms with Crippen molar-refractivity contribution in [3.8, 4) is 0 Å². The van der Waals surface area contributed by atoms with E-state index in [1.165, 1.54) is 27.8 Å². The van der Waals surface area contributed by atoms with Crippen molar-refractivity contribution in [2.75, 3.05) is 0 Å². The van der Waals surface area contributed by atoms with E-state index >= 15 is 0 Å². The van der Waals surface area contributed by atoms with Gasteiger partial charge in [-0.3, -0.25) is 4.79 Å². The van der Waals surface area contributed by atoms with Crippen LogP contribution in [0.1, 0.15) is 30.4 Å². The van der Waals surface area contributed by atoms with Crippen molar-refractivity contribution in [1.29, 1.82) is 0 Å². The van der Waals surface area contributed by atoms with Crippen molar-refractivity contribution in [2.45, 2.75) is 31.7 Å². The Morgan fingerprint density at radius 1 is 1.14 bits per heavy atom. The highest BCUT2D eigenvalue weighted by Gasteiger charge is 2.47. The second kappa shape index (κ2) is 3.89. The highest BCUT2D eigenvalue weighted by molar-refractivity contribution is 6.02. The van der Waals surface area contributed by atoms with Gasteiger partial charge >= 0.3 is 0 Å². The molecule has 108 valence electrons. The number of allylic oxidation sites excluding steroid dienone is 6. The van der Waals surface area contributed by atoms with Gasteiger partial charge in [-0.25, -0.2) is 0 Å². The molecule has 1 N–H and O–H groups in total. The van der Waals surface area contributed by atoms with Crippen molar-refractivity contribution in [1.82, 2.24) is 5.32 Å². The van der Waals surface area contributed by atoms with Gasteiger partial charge in [0.1, 0.15) is 0 Å². The number of carbonyl (C=O) groups is 1. The zero-order chi connectivity index (χ0) is 14.9. The fourth-order valence-corrected chi connectivity index (χ4v) is 3.82. The molecule has 4 aliphatic carbocycles. The maximum absolute atomic E-state index is 12.8. The van der Waals surface area contributed by atoms with Gasteiger partial charge < -0.3 is 5.32 Å². The summed E-state index contributed by atoms with van der Waals surface area (Å²) in [7, 11) is 0. The van der Waals surface area contributed by atoms with Crippen LogP contribution in [0.5, 0.6) is 0 Å². The highest BCUT2D eigenvalue weighted by atomic mass is 16.1. The average Bonchev–Trinajstić information content (AvgIpc) is 3.37. The van der Waals surface area contributed by atoms with Crippen LogP contribution in [0.25, 0.3) is 0 Å². The number of hydrogen-bond donors (Lipinski definition) is 1. The molecule has 0 saturated heterocycles. The second-order valence-corrected chi connectivity index (χ2v) is 6.75. The fourth-order valence-electron chi connectivity index (χ4n) is 3.82. The largest absolute Gasteiger partial charge is 0.342 e. The number of rotatable bonds is 3. The molecule has 5 rings (SSSR count). The van der Waals surface area contributed by atoms with E-state index in [0.29, 0.717) is 0 Å². The van der Waals surface area contributed by atoms with Crippen LogP contribution in [0.4, 0.5) is 0 Å². The number of aryl methyl sites for hydroxylation is 1. The van der Waals surface area contributed by atoms with Gasteiger partial charge in [-0.05, 0) is 71.8 Å². The Morgan fingerprint density at radius 3 is 2.73 bits per heavy atom. The maximum atomic E-state index is 12.8. The molecule has 0 bridgehead atoms. The van der Waals surface area contributed by atoms with E-state index in [1.54, 1.807) is 0 Å². The van der Waals surface area contributed by atoms with E-state index in [2.05, 4.69) is 48.7 Å². The third kappa shape index (κ3) is 1.58. The van der Waals surface area contributed by atoms with E-state index < -0.39 is 0 Å². The minimum atomic E-state index is -0.144. The first-order chi connectivity index (χ1) is 10.7. The molecule has 0 aliphatic heterocycles. The molecule has 0 unspecified atom stereocenters. The van der Waals surface area contributed by atoms with Gasteiger partial charge in [0.05, 0.1) is 5.54 Å². The SMILES string of the molecule is Cc1ccccc1C1(NC(=O)C2=C3C=C4CC4=C3C=C2)CC1. The maximum Gasteiger partial charge on any atom is 0.252 e. The summed E-state index contributed by atoms with van der Waals surface area (Å²) >= 11 is 0. The van der Waals surface area contributed by atoms with Gasteiger partial charge in [-0.2, -0.15) is 0 Å². The monoisotopic (exact) mass is 287 g/mol. The first kappa shape index (κ1) is 12.2. The number of benzene rings is 1. The van der Waals surface area contributed by atoms with Gasteiger partial charge in [-0.15, -0.1) is 0 Å². The molecule has 1 amide bonds. The summed E-state index contributed by atoms with van der Waals surface area (Å²) in [5.74, 6) is 0.0701. The molecule has 0 radical (unpaired) electrons. The first-order valence-corrected chi connectivity index (χ1v) is 7.93. The van der Waals surface area contributed by atoms with E-state index in [1.807, 2.05) is 6.08 Å². The number of fused-ring (bicyclic) bond motifs is 2. The summed E-state index contributed by atoms with van der Waals surface area (Å²) < 4.78 is 0. The minimum Gasteiger partial charge on any atom is -0.342 e. The molecule has 0 aromatic heterocycles. The van der Waals surface area contributed by atoms with Crippen LogP contribution in [0.2, 0.25) is 0 Å². The van der Waals surface area contributed by atoms with Crippen LogP contribution in [0, 0.1) is 6.92 Å². The van der Waals surface area contributed by atoms with Crippen LogP contribution < -0.4 is 5.32 Å². The predicted octanol–water partition coefficient (Wildman–Crippen LogP) is 3.61. The molecule has 2 nitrogen and oxygen atoms in total. The van der Waals surface area contributed by atoms with Crippen LogP contribution in [0.15, 0.2) is 70.4 Å². The highest BCUT2D eigenvalue weighted by Crippen LogP contribution is 2.52. The average molecular weight is 287 g/mol. The lowest BCUT2D eigenvalue weighted by Crippen LogP contribution is -2.36. The van der Waals surface area contributed by atoms with Crippen molar-refractivity contribution in [3.05, 3.63) is 81.5 Å². The molecule has 1 aromatic rings. The third-order valence-electron chi connectivity index (χ3n) is 5.28. The van der Waals surface area contributed by atoms with Crippen LogP contribution in [-0.2, 0) is 10.3 Å². The summed E-state index contributed by atoms with van der Waals surface area (Å²) in [6, 6.07) is 8.38. The van der Waals surface area contributed by atoms with Crippen molar-refractivity contribution in [2.24, 2.45) is 0 Å². The molecular formula is C20H17NO. The Bertz CT molecular complexity index is 859. The topological polar surface area (TPSA) is 29.1 Å². The molecule has 2 heteroatoms. The molecule has 1 aromatic carbocycles. The zero-order valence-corrected chi connectivity index (χ0v) is 12.6. The summed E-state index contributed by atoms with van der Waals surface area (Å²) in [6.45, 7) is 2.12. The van der Waals surface area contributed by atoms with Crippen molar-refractivity contribution in [3.63, 3.8) is 0 Å². The number of carbonyl (C=O) groups excluding carboxylic acids is 1. The number of nitrogens with one attached hydrogen (secondary N) is 1. The van der Waals surface area contributed by atoms with Gasteiger partial charge in [0.15, 0.2) is 0 Å². The standard InChI is InChI=1S/C20H17NO/c1-12-4-2-3-5-18(12)20(8-9-20)21-19(22)15-7-6-14-16-10-13(16)11-17(14)15/h2-7,11H,8-10H2,1H3,(H,21,22). The molecular weight excluding hydrogens is 270 g/mol. The van der Waals surface area contributed by atoms with E-state index in [4.69, 9.17) is 0 Å². The Morgan fingerprint density at radius 2 is 1.95 bits per heavy atom. The molecule has 4 aliphatic rings. The Kier molecular flexibility index (Phi) is 2.16. The lowest BCUT2D eigenvalue weighted by atomic mass is 9.98. The van der Waals surface area contributed by atoms with Gasteiger partial charge in [0, 0.05) is 5.57 Å². The van der Waals surface area contributed by atoms with E-state index in [0.717, 1.165) is 30.4 Å². The Balaban J connectivity index is 1.46. The molecule has 2 saturated carbocycles. The summed E-state index contributed by atoms with van der Waals surface area (Å²) in [6.07, 6.45) is 9.45. The number of hydrogen-bond acceptors (Lipinski definition) is 1.